The lowest BCUT2D eigenvalue weighted by atomic mass is 9.53. The average Bonchev–Trinajstić information content (AvgIpc) is 2.97. The predicted molar refractivity (Wildman–Crippen MR) is 105 cm³/mol. The van der Waals surface area contributed by atoms with Crippen LogP contribution in [0.5, 0.6) is 0 Å². The third-order valence-corrected chi connectivity index (χ3v) is 7.79. The molecule has 4 saturated carbocycles. The molecule has 0 aromatic heterocycles. The van der Waals surface area contributed by atoms with Gasteiger partial charge in [0.2, 0.25) is 11.8 Å². The van der Waals surface area contributed by atoms with Crippen molar-refractivity contribution in [3.63, 3.8) is 0 Å². The van der Waals surface area contributed by atoms with Gasteiger partial charge in [-0.1, -0.05) is 12.1 Å². The van der Waals surface area contributed by atoms with Crippen LogP contribution in [0.2, 0.25) is 0 Å². The van der Waals surface area contributed by atoms with Crippen LogP contribution in [0.3, 0.4) is 0 Å². The Bertz CT molecular complexity index is 764. The summed E-state index contributed by atoms with van der Waals surface area (Å²) in [6.45, 7) is 4.64. The first-order valence-electron chi connectivity index (χ1n) is 10.6. The monoisotopic (exact) mass is 366 g/mol. The Morgan fingerprint density at radius 3 is 2.33 bits per heavy atom. The molecule has 1 heterocycles. The van der Waals surface area contributed by atoms with E-state index in [4.69, 9.17) is 0 Å². The van der Waals surface area contributed by atoms with Gasteiger partial charge in [-0.05, 0) is 87.3 Å². The van der Waals surface area contributed by atoms with Crippen LogP contribution in [0.4, 0.5) is 5.69 Å². The fourth-order valence-corrected chi connectivity index (χ4v) is 6.77. The van der Waals surface area contributed by atoms with Gasteiger partial charge in [0, 0.05) is 24.2 Å². The van der Waals surface area contributed by atoms with E-state index in [0.29, 0.717) is 13.0 Å². The molecular formula is C23H30N2O2. The van der Waals surface area contributed by atoms with Gasteiger partial charge in [0.1, 0.15) is 0 Å². The highest BCUT2D eigenvalue weighted by molar-refractivity contribution is 6.01. The smallest absolute Gasteiger partial charge is 0.227 e. The molecule has 5 fully saturated rings. The maximum absolute atomic E-state index is 13.1. The van der Waals surface area contributed by atoms with Crippen LogP contribution in [-0.4, -0.2) is 23.9 Å². The molecule has 0 unspecified atom stereocenters. The number of rotatable bonds is 3. The Balaban J connectivity index is 1.31. The number of carbonyl (C=O) groups is 2. The van der Waals surface area contributed by atoms with Crippen molar-refractivity contribution in [2.45, 2.75) is 64.3 Å². The first-order chi connectivity index (χ1) is 12.9. The standard InChI is InChI=1S/C23H30N2O2/c1-14-4-3-5-20(15(14)2)25-13-19(9-21(25)26)22(27)24-23-10-16-6-17(11-23)8-18(7-16)12-23/h3-5,16-19H,6-13H2,1-2H3,(H,24,27)/t16?,17?,18?,19-,23?/m0/s1. The zero-order chi connectivity index (χ0) is 18.8. The van der Waals surface area contributed by atoms with Crippen LogP contribution < -0.4 is 10.2 Å². The summed E-state index contributed by atoms with van der Waals surface area (Å²) in [7, 11) is 0. The Labute approximate surface area is 161 Å². The minimum absolute atomic E-state index is 0.0293. The van der Waals surface area contributed by atoms with Crippen molar-refractivity contribution in [1.82, 2.24) is 5.32 Å². The lowest BCUT2D eigenvalue weighted by Crippen LogP contribution is -2.60. The van der Waals surface area contributed by atoms with E-state index in [0.717, 1.165) is 48.3 Å². The number of nitrogens with one attached hydrogen (secondary N) is 1. The minimum atomic E-state index is -0.217. The highest BCUT2D eigenvalue weighted by Crippen LogP contribution is 2.55. The van der Waals surface area contributed by atoms with Gasteiger partial charge in [0.15, 0.2) is 0 Å². The Kier molecular flexibility index (Phi) is 3.89. The predicted octanol–water partition coefficient (Wildman–Crippen LogP) is 3.74. The molecule has 4 heteroatoms. The summed E-state index contributed by atoms with van der Waals surface area (Å²) in [5.41, 5.74) is 3.31. The number of aryl methyl sites for hydroxylation is 1. The molecule has 1 N–H and O–H groups in total. The maximum Gasteiger partial charge on any atom is 0.227 e. The molecule has 5 aliphatic rings. The quantitative estimate of drug-likeness (QED) is 0.886. The molecule has 2 amide bonds. The van der Waals surface area contributed by atoms with E-state index < -0.39 is 0 Å². The van der Waals surface area contributed by atoms with Crippen LogP contribution in [0, 0.1) is 37.5 Å². The van der Waals surface area contributed by atoms with E-state index in [9.17, 15) is 9.59 Å². The summed E-state index contributed by atoms with van der Waals surface area (Å²) < 4.78 is 0. The van der Waals surface area contributed by atoms with Gasteiger partial charge in [0.25, 0.3) is 0 Å². The van der Waals surface area contributed by atoms with Gasteiger partial charge >= 0.3 is 0 Å². The Hall–Kier alpha value is -1.84. The molecule has 1 aliphatic heterocycles. The fraction of sp³-hybridized carbons (Fsp3) is 0.652. The fourth-order valence-electron chi connectivity index (χ4n) is 6.77. The Morgan fingerprint density at radius 2 is 1.70 bits per heavy atom. The van der Waals surface area contributed by atoms with Crippen LogP contribution in [0.25, 0.3) is 0 Å². The number of hydrogen-bond donors (Lipinski definition) is 1. The number of carbonyl (C=O) groups excluding carboxylic acids is 2. The van der Waals surface area contributed by atoms with E-state index in [1.807, 2.05) is 17.0 Å². The van der Waals surface area contributed by atoms with Crippen LogP contribution in [0.1, 0.15) is 56.1 Å². The molecule has 4 nitrogen and oxygen atoms in total. The van der Waals surface area contributed by atoms with Crippen LogP contribution in [0.15, 0.2) is 18.2 Å². The van der Waals surface area contributed by atoms with Crippen molar-refractivity contribution in [1.29, 1.82) is 0 Å². The molecule has 27 heavy (non-hydrogen) atoms. The topological polar surface area (TPSA) is 49.4 Å². The van der Waals surface area contributed by atoms with Crippen LogP contribution >= 0.6 is 0 Å². The minimum Gasteiger partial charge on any atom is -0.350 e. The summed E-state index contributed by atoms with van der Waals surface area (Å²) in [4.78, 5) is 27.6. The second-order valence-corrected chi connectivity index (χ2v) is 9.81. The van der Waals surface area contributed by atoms with E-state index in [1.54, 1.807) is 0 Å². The Morgan fingerprint density at radius 1 is 1.07 bits per heavy atom. The summed E-state index contributed by atoms with van der Waals surface area (Å²) in [6, 6.07) is 6.06. The molecule has 4 aliphatic carbocycles. The maximum atomic E-state index is 13.1. The number of anilines is 1. The lowest BCUT2D eigenvalue weighted by molar-refractivity contribution is -0.131. The van der Waals surface area contributed by atoms with Gasteiger partial charge in [-0.25, -0.2) is 0 Å². The summed E-state index contributed by atoms with van der Waals surface area (Å²) in [5, 5.41) is 3.47. The molecule has 6 rings (SSSR count). The molecule has 4 bridgehead atoms. The highest BCUT2D eigenvalue weighted by atomic mass is 16.2. The summed E-state index contributed by atoms with van der Waals surface area (Å²) in [6.07, 6.45) is 7.93. The molecule has 1 aromatic rings. The molecule has 1 atom stereocenters. The molecule has 1 aromatic carbocycles. The number of amides is 2. The average molecular weight is 367 g/mol. The van der Waals surface area contributed by atoms with Crippen molar-refractivity contribution in [3.8, 4) is 0 Å². The molecule has 0 radical (unpaired) electrons. The second-order valence-electron chi connectivity index (χ2n) is 9.81. The highest BCUT2D eigenvalue weighted by Gasteiger charge is 2.52. The third kappa shape index (κ3) is 2.88. The van der Waals surface area contributed by atoms with Crippen molar-refractivity contribution < 1.29 is 9.59 Å². The van der Waals surface area contributed by atoms with Gasteiger partial charge in [0.05, 0.1) is 5.92 Å². The van der Waals surface area contributed by atoms with E-state index in [2.05, 4.69) is 25.2 Å². The van der Waals surface area contributed by atoms with E-state index in [-0.39, 0.29) is 23.3 Å². The normalized spacial score (nSPS) is 37.1. The summed E-state index contributed by atoms with van der Waals surface area (Å²) in [5.74, 6) is 2.41. The zero-order valence-corrected chi connectivity index (χ0v) is 16.5. The lowest BCUT2D eigenvalue weighted by Gasteiger charge is -2.57. The van der Waals surface area contributed by atoms with Crippen molar-refractivity contribution in [2.24, 2.45) is 23.7 Å². The first kappa shape index (κ1) is 17.3. The SMILES string of the molecule is Cc1cccc(N2C[C@@H](C(=O)NC34CC5CC(CC(C5)C3)C4)CC2=O)c1C. The molecular weight excluding hydrogens is 336 g/mol. The second kappa shape index (κ2) is 6.08. The van der Waals surface area contributed by atoms with Crippen molar-refractivity contribution >= 4 is 17.5 Å². The van der Waals surface area contributed by atoms with Gasteiger partial charge in [-0.2, -0.15) is 0 Å². The number of nitrogens with zero attached hydrogens (tertiary/aromatic N) is 1. The third-order valence-electron chi connectivity index (χ3n) is 7.79. The summed E-state index contributed by atoms with van der Waals surface area (Å²) >= 11 is 0. The zero-order valence-electron chi connectivity index (χ0n) is 16.5. The van der Waals surface area contributed by atoms with Gasteiger partial charge in [-0.15, -0.1) is 0 Å². The number of hydrogen-bond acceptors (Lipinski definition) is 2. The largest absolute Gasteiger partial charge is 0.350 e. The van der Waals surface area contributed by atoms with E-state index >= 15 is 0 Å². The van der Waals surface area contributed by atoms with Crippen molar-refractivity contribution in [3.05, 3.63) is 29.3 Å². The van der Waals surface area contributed by atoms with Gasteiger partial charge in [-0.3, -0.25) is 9.59 Å². The van der Waals surface area contributed by atoms with Gasteiger partial charge < -0.3 is 10.2 Å². The molecule has 0 spiro atoms. The first-order valence-corrected chi connectivity index (χ1v) is 10.6. The molecule has 1 saturated heterocycles. The van der Waals surface area contributed by atoms with Crippen molar-refractivity contribution in [2.75, 3.05) is 11.4 Å². The number of benzene rings is 1. The van der Waals surface area contributed by atoms with Crippen LogP contribution in [-0.2, 0) is 9.59 Å². The van der Waals surface area contributed by atoms with E-state index in [1.165, 1.54) is 24.8 Å². The molecule has 144 valence electrons.